The number of rotatable bonds is 1. The van der Waals surface area contributed by atoms with Crippen molar-refractivity contribution in [3.63, 3.8) is 0 Å². The third kappa shape index (κ3) is 1.54. The Morgan fingerprint density at radius 3 is 3.08 bits per heavy atom. The van der Waals surface area contributed by atoms with E-state index in [1.54, 1.807) is 6.20 Å². The van der Waals surface area contributed by atoms with E-state index in [9.17, 15) is 0 Å². The van der Waals surface area contributed by atoms with Crippen LogP contribution in [-0.2, 0) is 0 Å². The predicted octanol–water partition coefficient (Wildman–Crippen LogP) is 2.18. The Bertz CT molecular complexity index is 308. The van der Waals surface area contributed by atoms with Gasteiger partial charge in [0.25, 0.3) is 0 Å². The highest BCUT2D eigenvalue weighted by Crippen LogP contribution is 2.30. The lowest BCUT2D eigenvalue weighted by Gasteiger charge is -2.07. The van der Waals surface area contributed by atoms with E-state index in [4.69, 9.17) is 5.21 Å². The maximum atomic E-state index is 8.76. The van der Waals surface area contributed by atoms with Gasteiger partial charge in [-0.3, -0.25) is 4.98 Å². The minimum absolute atomic E-state index is 0.242. The average molecular weight is 176 g/mol. The van der Waals surface area contributed by atoms with Crippen LogP contribution in [0.25, 0.3) is 0 Å². The summed E-state index contributed by atoms with van der Waals surface area (Å²) in [6, 6.07) is 5.85. The molecule has 68 valence electrons. The van der Waals surface area contributed by atoms with Gasteiger partial charge in [-0.1, -0.05) is 11.2 Å². The van der Waals surface area contributed by atoms with E-state index in [1.807, 2.05) is 18.2 Å². The second kappa shape index (κ2) is 3.56. The van der Waals surface area contributed by atoms with Crippen molar-refractivity contribution >= 4 is 5.71 Å². The van der Waals surface area contributed by atoms with Crippen molar-refractivity contribution < 1.29 is 5.21 Å². The van der Waals surface area contributed by atoms with E-state index in [2.05, 4.69) is 10.1 Å². The molecule has 1 fully saturated rings. The van der Waals surface area contributed by atoms with E-state index < -0.39 is 0 Å². The van der Waals surface area contributed by atoms with Crippen LogP contribution >= 0.6 is 0 Å². The van der Waals surface area contributed by atoms with E-state index >= 15 is 0 Å². The summed E-state index contributed by atoms with van der Waals surface area (Å²) in [6.45, 7) is 0. The minimum atomic E-state index is 0.242. The predicted molar refractivity (Wildman–Crippen MR) is 50.1 cm³/mol. The maximum absolute atomic E-state index is 8.76. The van der Waals surface area contributed by atoms with Crippen LogP contribution in [0.5, 0.6) is 0 Å². The third-order valence-electron chi connectivity index (χ3n) is 2.50. The van der Waals surface area contributed by atoms with Gasteiger partial charge in [0.05, 0.1) is 5.71 Å². The molecular formula is C10H12N2O. The molecule has 3 heteroatoms. The molecule has 1 aromatic heterocycles. The van der Waals surface area contributed by atoms with Gasteiger partial charge in [0.15, 0.2) is 0 Å². The van der Waals surface area contributed by atoms with Crippen molar-refractivity contribution in [3.8, 4) is 0 Å². The normalized spacial score (nSPS) is 25.2. The first-order chi connectivity index (χ1) is 6.42. The van der Waals surface area contributed by atoms with Crippen molar-refractivity contribution in [2.24, 2.45) is 5.16 Å². The Morgan fingerprint density at radius 1 is 1.46 bits per heavy atom. The van der Waals surface area contributed by atoms with Gasteiger partial charge in [0.2, 0.25) is 0 Å². The molecule has 1 aliphatic rings. The lowest BCUT2D eigenvalue weighted by Crippen LogP contribution is -2.06. The summed E-state index contributed by atoms with van der Waals surface area (Å²) in [4.78, 5) is 4.27. The summed E-state index contributed by atoms with van der Waals surface area (Å²) in [5.74, 6) is 0.242. The zero-order valence-corrected chi connectivity index (χ0v) is 7.35. The Labute approximate surface area is 77.1 Å². The van der Waals surface area contributed by atoms with Gasteiger partial charge in [-0.15, -0.1) is 0 Å². The lowest BCUT2D eigenvalue weighted by molar-refractivity contribution is 0.316. The van der Waals surface area contributed by atoms with Crippen molar-refractivity contribution in [2.45, 2.75) is 25.2 Å². The molecule has 1 atom stereocenters. The number of nitrogens with zero attached hydrogens (tertiary/aromatic N) is 2. The van der Waals surface area contributed by atoms with Gasteiger partial charge in [0.1, 0.15) is 0 Å². The van der Waals surface area contributed by atoms with Crippen LogP contribution in [0.1, 0.15) is 30.9 Å². The Hall–Kier alpha value is -1.38. The first kappa shape index (κ1) is 8.23. The largest absolute Gasteiger partial charge is 0.411 e. The lowest BCUT2D eigenvalue weighted by atomic mass is 10.0. The molecule has 0 saturated heterocycles. The summed E-state index contributed by atoms with van der Waals surface area (Å²) in [7, 11) is 0. The van der Waals surface area contributed by atoms with Crippen molar-refractivity contribution in [1.82, 2.24) is 4.98 Å². The molecule has 0 spiro atoms. The van der Waals surface area contributed by atoms with Crippen molar-refractivity contribution in [2.75, 3.05) is 0 Å². The van der Waals surface area contributed by atoms with Gasteiger partial charge < -0.3 is 5.21 Å². The van der Waals surface area contributed by atoms with Gasteiger partial charge in [-0.25, -0.2) is 0 Å². The fraction of sp³-hybridized carbons (Fsp3) is 0.400. The Balaban J connectivity index is 2.27. The molecule has 13 heavy (non-hydrogen) atoms. The number of hydrogen-bond acceptors (Lipinski definition) is 3. The van der Waals surface area contributed by atoms with E-state index in [-0.39, 0.29) is 5.92 Å². The Morgan fingerprint density at radius 2 is 2.38 bits per heavy atom. The molecule has 1 aliphatic carbocycles. The average Bonchev–Trinajstić information content (AvgIpc) is 2.67. The molecular weight excluding hydrogens is 164 g/mol. The Kier molecular flexibility index (Phi) is 2.25. The zero-order chi connectivity index (χ0) is 9.10. The molecule has 0 radical (unpaired) electrons. The highest BCUT2D eigenvalue weighted by atomic mass is 16.4. The van der Waals surface area contributed by atoms with E-state index in [1.165, 1.54) is 0 Å². The van der Waals surface area contributed by atoms with Crippen LogP contribution in [0.4, 0.5) is 0 Å². The molecule has 2 rings (SSSR count). The van der Waals surface area contributed by atoms with Gasteiger partial charge in [-0.2, -0.15) is 0 Å². The minimum Gasteiger partial charge on any atom is -0.411 e. The fourth-order valence-corrected chi connectivity index (χ4v) is 1.85. The molecule has 1 aromatic rings. The van der Waals surface area contributed by atoms with Crippen LogP contribution in [0.15, 0.2) is 29.6 Å². The molecule has 0 unspecified atom stereocenters. The van der Waals surface area contributed by atoms with Crippen LogP contribution in [-0.4, -0.2) is 15.9 Å². The summed E-state index contributed by atoms with van der Waals surface area (Å²) < 4.78 is 0. The maximum Gasteiger partial charge on any atom is 0.0661 e. The SMILES string of the molecule is O/N=C1/CCC[C@@H]1c1ccccn1. The van der Waals surface area contributed by atoms with Crippen molar-refractivity contribution in [1.29, 1.82) is 0 Å². The van der Waals surface area contributed by atoms with E-state index in [0.717, 1.165) is 30.7 Å². The zero-order valence-electron chi connectivity index (χ0n) is 7.35. The molecule has 1 heterocycles. The van der Waals surface area contributed by atoms with Crippen LogP contribution in [0.3, 0.4) is 0 Å². The van der Waals surface area contributed by atoms with E-state index in [0.29, 0.717) is 0 Å². The molecule has 0 aromatic carbocycles. The number of aromatic nitrogens is 1. The van der Waals surface area contributed by atoms with Crippen LogP contribution in [0.2, 0.25) is 0 Å². The third-order valence-corrected chi connectivity index (χ3v) is 2.50. The van der Waals surface area contributed by atoms with Gasteiger partial charge in [0, 0.05) is 17.8 Å². The highest BCUT2D eigenvalue weighted by molar-refractivity contribution is 5.91. The number of oxime groups is 1. The molecule has 1 N–H and O–H groups in total. The first-order valence-corrected chi connectivity index (χ1v) is 4.53. The van der Waals surface area contributed by atoms with Crippen LogP contribution < -0.4 is 0 Å². The smallest absolute Gasteiger partial charge is 0.0661 e. The second-order valence-corrected chi connectivity index (χ2v) is 3.29. The summed E-state index contributed by atoms with van der Waals surface area (Å²) >= 11 is 0. The molecule has 0 aliphatic heterocycles. The summed E-state index contributed by atoms with van der Waals surface area (Å²) in [6.07, 6.45) is 4.83. The standard InChI is InChI=1S/C10H12N2O/c13-12-10-6-3-4-8(10)9-5-1-2-7-11-9/h1-2,5,7-8,13H,3-4,6H2/b12-10-/t8-/m1/s1. The highest BCUT2D eigenvalue weighted by Gasteiger charge is 2.25. The molecule has 1 saturated carbocycles. The topological polar surface area (TPSA) is 45.5 Å². The molecule has 0 amide bonds. The molecule has 3 nitrogen and oxygen atoms in total. The van der Waals surface area contributed by atoms with Gasteiger partial charge in [-0.05, 0) is 31.4 Å². The quantitative estimate of drug-likeness (QED) is 0.526. The van der Waals surface area contributed by atoms with Crippen molar-refractivity contribution in [3.05, 3.63) is 30.1 Å². The first-order valence-electron chi connectivity index (χ1n) is 4.53. The summed E-state index contributed by atoms with van der Waals surface area (Å²) in [5, 5.41) is 12.1. The number of pyridine rings is 1. The monoisotopic (exact) mass is 176 g/mol. The second-order valence-electron chi connectivity index (χ2n) is 3.29. The van der Waals surface area contributed by atoms with Gasteiger partial charge >= 0.3 is 0 Å². The van der Waals surface area contributed by atoms with Crippen LogP contribution in [0, 0.1) is 0 Å². The summed E-state index contributed by atoms with van der Waals surface area (Å²) in [5.41, 5.74) is 1.89. The molecule has 0 bridgehead atoms. The number of hydrogen-bond donors (Lipinski definition) is 1. The fourth-order valence-electron chi connectivity index (χ4n) is 1.85.